The van der Waals surface area contributed by atoms with Crippen LogP contribution in [0.25, 0.3) is 0 Å². The highest BCUT2D eigenvalue weighted by Gasteiger charge is 2.02. The standard InChI is InChI=1S/C9H11FO2/c1-7(10)6-12-9-5-3-2-4-8(9)11/h2-5,7,11H,6H2,1H3. The van der Waals surface area contributed by atoms with Gasteiger partial charge in [0, 0.05) is 0 Å². The third-order valence-electron chi connectivity index (χ3n) is 1.33. The van der Waals surface area contributed by atoms with Crippen molar-refractivity contribution in [1.82, 2.24) is 0 Å². The quantitative estimate of drug-likeness (QED) is 0.752. The van der Waals surface area contributed by atoms with Gasteiger partial charge in [0.25, 0.3) is 0 Å². The van der Waals surface area contributed by atoms with E-state index in [2.05, 4.69) is 0 Å². The second-order valence-corrected chi connectivity index (χ2v) is 2.56. The van der Waals surface area contributed by atoms with E-state index in [-0.39, 0.29) is 12.4 Å². The molecule has 0 aliphatic carbocycles. The largest absolute Gasteiger partial charge is 0.504 e. The first-order valence-electron chi connectivity index (χ1n) is 3.75. The van der Waals surface area contributed by atoms with Crippen LogP contribution < -0.4 is 4.74 Å². The molecule has 0 amide bonds. The van der Waals surface area contributed by atoms with Crippen molar-refractivity contribution in [3.8, 4) is 11.5 Å². The van der Waals surface area contributed by atoms with Crippen molar-refractivity contribution in [1.29, 1.82) is 0 Å². The van der Waals surface area contributed by atoms with Crippen molar-refractivity contribution in [3.63, 3.8) is 0 Å². The predicted octanol–water partition coefficient (Wildman–Crippen LogP) is 2.13. The molecule has 0 saturated carbocycles. The molecule has 12 heavy (non-hydrogen) atoms. The van der Waals surface area contributed by atoms with Gasteiger partial charge < -0.3 is 9.84 Å². The van der Waals surface area contributed by atoms with Gasteiger partial charge in [-0.3, -0.25) is 0 Å². The number of phenols is 1. The number of para-hydroxylation sites is 2. The van der Waals surface area contributed by atoms with Crippen molar-refractivity contribution in [2.24, 2.45) is 0 Å². The highest BCUT2D eigenvalue weighted by Crippen LogP contribution is 2.24. The van der Waals surface area contributed by atoms with Gasteiger partial charge in [-0.15, -0.1) is 0 Å². The van der Waals surface area contributed by atoms with E-state index in [1.54, 1.807) is 18.2 Å². The highest BCUT2D eigenvalue weighted by atomic mass is 19.1. The zero-order chi connectivity index (χ0) is 8.97. The van der Waals surface area contributed by atoms with E-state index in [0.29, 0.717) is 5.75 Å². The van der Waals surface area contributed by atoms with Crippen LogP contribution in [-0.4, -0.2) is 17.9 Å². The van der Waals surface area contributed by atoms with Crippen LogP contribution in [0.2, 0.25) is 0 Å². The van der Waals surface area contributed by atoms with Gasteiger partial charge in [-0.05, 0) is 19.1 Å². The Morgan fingerprint density at radius 1 is 1.50 bits per heavy atom. The maximum absolute atomic E-state index is 12.3. The lowest BCUT2D eigenvalue weighted by atomic mass is 10.3. The van der Waals surface area contributed by atoms with E-state index in [1.165, 1.54) is 13.0 Å². The Labute approximate surface area is 70.6 Å². The Morgan fingerprint density at radius 2 is 2.17 bits per heavy atom. The molecule has 0 heterocycles. The van der Waals surface area contributed by atoms with Crippen LogP contribution in [0.3, 0.4) is 0 Å². The van der Waals surface area contributed by atoms with Gasteiger partial charge in [-0.25, -0.2) is 4.39 Å². The molecule has 0 spiro atoms. The molecule has 1 N–H and O–H groups in total. The van der Waals surface area contributed by atoms with E-state index < -0.39 is 6.17 Å². The number of alkyl halides is 1. The van der Waals surface area contributed by atoms with Crippen LogP contribution in [-0.2, 0) is 0 Å². The topological polar surface area (TPSA) is 29.5 Å². The minimum atomic E-state index is -1.02. The van der Waals surface area contributed by atoms with Crippen molar-refractivity contribution in [2.75, 3.05) is 6.61 Å². The molecule has 1 aromatic carbocycles. The molecule has 0 fully saturated rings. The molecule has 1 atom stereocenters. The number of rotatable bonds is 3. The first kappa shape index (κ1) is 8.84. The Kier molecular flexibility index (Phi) is 2.91. The number of benzene rings is 1. The number of ether oxygens (including phenoxy) is 1. The third-order valence-corrected chi connectivity index (χ3v) is 1.33. The van der Waals surface area contributed by atoms with Gasteiger partial charge in [-0.1, -0.05) is 12.1 Å². The van der Waals surface area contributed by atoms with Gasteiger partial charge in [0.05, 0.1) is 0 Å². The summed E-state index contributed by atoms with van der Waals surface area (Å²) in [5, 5.41) is 9.18. The summed E-state index contributed by atoms with van der Waals surface area (Å²) in [6.07, 6.45) is -1.02. The summed E-state index contributed by atoms with van der Waals surface area (Å²) in [7, 11) is 0. The molecule has 0 aliphatic heterocycles. The summed E-state index contributed by atoms with van der Waals surface area (Å²) >= 11 is 0. The molecule has 0 aromatic heterocycles. The summed E-state index contributed by atoms with van der Waals surface area (Å²) in [6.45, 7) is 1.37. The molecular weight excluding hydrogens is 159 g/mol. The van der Waals surface area contributed by atoms with Crippen LogP contribution >= 0.6 is 0 Å². The molecule has 0 radical (unpaired) electrons. The van der Waals surface area contributed by atoms with Crippen molar-refractivity contribution < 1.29 is 14.2 Å². The first-order chi connectivity index (χ1) is 5.70. The Bertz CT molecular complexity index is 248. The zero-order valence-corrected chi connectivity index (χ0v) is 6.83. The molecular formula is C9H11FO2. The fraction of sp³-hybridized carbons (Fsp3) is 0.333. The molecule has 1 unspecified atom stereocenters. The fourth-order valence-electron chi connectivity index (χ4n) is 0.784. The average Bonchev–Trinajstić information content (AvgIpc) is 2.03. The smallest absolute Gasteiger partial charge is 0.161 e. The summed E-state index contributed by atoms with van der Waals surface area (Å²) in [4.78, 5) is 0. The van der Waals surface area contributed by atoms with E-state index in [4.69, 9.17) is 4.74 Å². The normalized spacial score (nSPS) is 12.5. The van der Waals surface area contributed by atoms with Crippen LogP contribution in [0, 0.1) is 0 Å². The molecule has 0 aliphatic rings. The van der Waals surface area contributed by atoms with E-state index in [0.717, 1.165) is 0 Å². The molecule has 3 heteroatoms. The average molecular weight is 170 g/mol. The van der Waals surface area contributed by atoms with Crippen molar-refractivity contribution in [2.45, 2.75) is 13.1 Å². The van der Waals surface area contributed by atoms with E-state index in [1.807, 2.05) is 0 Å². The maximum Gasteiger partial charge on any atom is 0.161 e. The molecule has 2 nitrogen and oxygen atoms in total. The fourth-order valence-corrected chi connectivity index (χ4v) is 0.784. The maximum atomic E-state index is 12.3. The van der Waals surface area contributed by atoms with Gasteiger partial charge in [0.15, 0.2) is 11.5 Å². The number of aromatic hydroxyl groups is 1. The molecule has 66 valence electrons. The van der Waals surface area contributed by atoms with Gasteiger partial charge in [-0.2, -0.15) is 0 Å². The van der Waals surface area contributed by atoms with Gasteiger partial charge in [0.1, 0.15) is 12.8 Å². The lowest BCUT2D eigenvalue weighted by Crippen LogP contribution is -2.08. The van der Waals surface area contributed by atoms with Crippen LogP contribution in [0.15, 0.2) is 24.3 Å². The number of hydrogen-bond acceptors (Lipinski definition) is 2. The monoisotopic (exact) mass is 170 g/mol. The van der Waals surface area contributed by atoms with E-state index in [9.17, 15) is 9.50 Å². The second kappa shape index (κ2) is 3.95. The lowest BCUT2D eigenvalue weighted by molar-refractivity contribution is 0.204. The van der Waals surface area contributed by atoms with Crippen molar-refractivity contribution in [3.05, 3.63) is 24.3 Å². The molecule has 0 bridgehead atoms. The van der Waals surface area contributed by atoms with Crippen LogP contribution in [0.5, 0.6) is 11.5 Å². The minimum absolute atomic E-state index is 0.0302. The summed E-state index contributed by atoms with van der Waals surface area (Å²) in [5.74, 6) is 0.361. The summed E-state index contributed by atoms with van der Waals surface area (Å²) in [5.41, 5.74) is 0. The second-order valence-electron chi connectivity index (χ2n) is 2.56. The molecule has 1 rings (SSSR count). The summed E-state index contributed by atoms with van der Waals surface area (Å²) in [6, 6.07) is 6.50. The predicted molar refractivity (Wildman–Crippen MR) is 44.2 cm³/mol. The van der Waals surface area contributed by atoms with Gasteiger partial charge in [0.2, 0.25) is 0 Å². The van der Waals surface area contributed by atoms with Crippen LogP contribution in [0.4, 0.5) is 4.39 Å². The third kappa shape index (κ3) is 2.42. The Balaban J connectivity index is 2.57. The van der Waals surface area contributed by atoms with Crippen LogP contribution in [0.1, 0.15) is 6.92 Å². The zero-order valence-electron chi connectivity index (χ0n) is 6.83. The summed E-state index contributed by atoms with van der Waals surface area (Å²) < 4.78 is 17.3. The van der Waals surface area contributed by atoms with Gasteiger partial charge >= 0.3 is 0 Å². The number of phenolic OH excluding ortho intramolecular Hbond substituents is 1. The number of halogens is 1. The van der Waals surface area contributed by atoms with E-state index >= 15 is 0 Å². The SMILES string of the molecule is CC(F)COc1ccccc1O. The highest BCUT2D eigenvalue weighted by molar-refractivity contribution is 5.37. The lowest BCUT2D eigenvalue weighted by Gasteiger charge is -2.07. The molecule has 1 aromatic rings. The Hall–Kier alpha value is -1.25. The first-order valence-corrected chi connectivity index (χ1v) is 3.75. The Morgan fingerprint density at radius 3 is 2.75 bits per heavy atom. The van der Waals surface area contributed by atoms with Crippen molar-refractivity contribution >= 4 is 0 Å². The number of hydrogen-bond donors (Lipinski definition) is 1. The molecule has 0 saturated heterocycles. The minimum Gasteiger partial charge on any atom is -0.504 e.